The van der Waals surface area contributed by atoms with E-state index >= 15 is 0 Å². The average Bonchev–Trinajstić information content (AvgIpc) is 2.36. The van der Waals surface area contributed by atoms with Crippen molar-refractivity contribution in [2.45, 2.75) is 6.92 Å². The smallest absolute Gasteiger partial charge is 0.224 e. The first-order valence-corrected chi connectivity index (χ1v) is 6.28. The molecule has 0 amide bonds. The molecule has 2 N–H and O–H groups in total. The summed E-state index contributed by atoms with van der Waals surface area (Å²) in [5.41, 5.74) is 0.748. The van der Waals surface area contributed by atoms with E-state index < -0.39 is 5.82 Å². The molecule has 2 rings (SSSR count). The van der Waals surface area contributed by atoms with Crippen LogP contribution < -0.4 is 10.6 Å². The zero-order chi connectivity index (χ0) is 13.0. The Morgan fingerprint density at radius 2 is 2.11 bits per heavy atom. The largest absolute Gasteiger partial charge is 0.354 e. The number of nitrogens with one attached hydrogen (secondary N) is 2. The molecule has 6 heteroatoms. The van der Waals surface area contributed by atoms with E-state index in [1.165, 1.54) is 0 Å². The van der Waals surface area contributed by atoms with Gasteiger partial charge in [-0.15, -0.1) is 0 Å². The van der Waals surface area contributed by atoms with Crippen molar-refractivity contribution in [1.82, 2.24) is 9.97 Å². The summed E-state index contributed by atoms with van der Waals surface area (Å²) in [6.45, 7) is 2.60. The number of halogens is 2. The number of para-hydroxylation sites is 1. The van der Waals surface area contributed by atoms with Gasteiger partial charge in [-0.1, -0.05) is 12.1 Å². The summed E-state index contributed by atoms with van der Waals surface area (Å²) in [6.07, 6.45) is 1.14. The van der Waals surface area contributed by atoms with Gasteiger partial charge in [-0.3, -0.25) is 0 Å². The minimum atomic E-state index is -0.493. The lowest BCUT2D eigenvalue weighted by Gasteiger charge is -2.09. The Kier molecular flexibility index (Phi) is 4.09. The van der Waals surface area contributed by atoms with Gasteiger partial charge in [0.15, 0.2) is 11.6 Å². The molecule has 0 bridgehead atoms. The number of rotatable bonds is 4. The van der Waals surface area contributed by atoms with Gasteiger partial charge in [-0.2, -0.15) is 4.98 Å². The normalized spacial score (nSPS) is 10.2. The number of hydrogen-bond acceptors (Lipinski definition) is 4. The Balaban J connectivity index is 2.28. The van der Waals surface area contributed by atoms with Crippen LogP contribution in [0.2, 0.25) is 0 Å². The molecule has 0 radical (unpaired) electrons. The van der Waals surface area contributed by atoms with Gasteiger partial charge in [0.25, 0.3) is 0 Å². The molecule has 4 nitrogen and oxygen atoms in total. The third kappa shape index (κ3) is 2.95. The molecule has 1 aromatic carbocycles. The first kappa shape index (κ1) is 12.8. The monoisotopic (exact) mass is 310 g/mol. The highest BCUT2D eigenvalue weighted by Gasteiger charge is 2.08. The Bertz CT molecular complexity index is 547. The molecule has 0 unspecified atom stereocenters. The number of anilines is 3. The Labute approximate surface area is 113 Å². The first-order valence-electron chi connectivity index (χ1n) is 5.48. The second-order valence-corrected chi connectivity index (χ2v) is 4.38. The number of nitrogens with zero attached hydrogens (tertiary/aromatic N) is 2. The van der Waals surface area contributed by atoms with E-state index in [9.17, 15) is 4.39 Å². The lowest BCUT2D eigenvalue weighted by Crippen LogP contribution is -2.06. The lowest BCUT2D eigenvalue weighted by atomic mass is 10.3. The molecule has 0 atom stereocenters. The molecule has 0 aliphatic rings. The van der Waals surface area contributed by atoms with E-state index in [1.807, 2.05) is 31.2 Å². The van der Waals surface area contributed by atoms with Crippen LogP contribution in [0.1, 0.15) is 6.92 Å². The highest BCUT2D eigenvalue weighted by atomic mass is 79.9. The van der Waals surface area contributed by atoms with Crippen molar-refractivity contribution in [3.63, 3.8) is 0 Å². The maximum Gasteiger partial charge on any atom is 0.224 e. The van der Waals surface area contributed by atoms with Crippen LogP contribution in [0.25, 0.3) is 0 Å². The van der Waals surface area contributed by atoms with Gasteiger partial charge < -0.3 is 10.6 Å². The number of aromatic nitrogens is 2. The fraction of sp³-hybridized carbons (Fsp3) is 0.167. The average molecular weight is 311 g/mol. The standard InChI is InChI=1S/C12H12BrFN4/c1-2-15-12-16-7-9(14)11(18-12)17-10-6-4-3-5-8(10)13/h3-7H,2H2,1H3,(H2,15,16,17,18). The molecule has 0 aliphatic heterocycles. The van der Waals surface area contributed by atoms with Crippen LogP contribution >= 0.6 is 15.9 Å². The van der Waals surface area contributed by atoms with Gasteiger partial charge >= 0.3 is 0 Å². The summed E-state index contributed by atoms with van der Waals surface area (Å²) in [4.78, 5) is 7.91. The Morgan fingerprint density at radius 1 is 1.33 bits per heavy atom. The second-order valence-electron chi connectivity index (χ2n) is 3.53. The zero-order valence-corrected chi connectivity index (χ0v) is 11.3. The maximum atomic E-state index is 13.6. The molecule has 0 fully saturated rings. The molecule has 0 saturated carbocycles. The minimum Gasteiger partial charge on any atom is -0.354 e. The summed E-state index contributed by atoms with van der Waals surface area (Å²) in [6, 6.07) is 7.44. The summed E-state index contributed by atoms with van der Waals surface area (Å²) in [5.74, 6) is 0.0497. The summed E-state index contributed by atoms with van der Waals surface area (Å²) >= 11 is 3.38. The van der Waals surface area contributed by atoms with Gasteiger partial charge in [-0.05, 0) is 35.0 Å². The van der Waals surface area contributed by atoms with Crippen molar-refractivity contribution in [2.75, 3.05) is 17.2 Å². The molecular weight excluding hydrogens is 299 g/mol. The Morgan fingerprint density at radius 3 is 2.83 bits per heavy atom. The third-order valence-corrected chi connectivity index (χ3v) is 2.90. The van der Waals surface area contributed by atoms with E-state index in [0.717, 1.165) is 16.4 Å². The van der Waals surface area contributed by atoms with Crippen molar-refractivity contribution in [2.24, 2.45) is 0 Å². The number of benzene rings is 1. The highest BCUT2D eigenvalue weighted by Crippen LogP contribution is 2.25. The maximum absolute atomic E-state index is 13.6. The Hall–Kier alpha value is -1.69. The minimum absolute atomic E-state index is 0.146. The van der Waals surface area contributed by atoms with Crippen LogP contribution in [0.3, 0.4) is 0 Å². The van der Waals surface area contributed by atoms with E-state index in [-0.39, 0.29) is 5.82 Å². The van der Waals surface area contributed by atoms with Crippen molar-refractivity contribution in [3.8, 4) is 0 Å². The van der Waals surface area contributed by atoms with Crippen LogP contribution in [0.4, 0.5) is 21.8 Å². The number of hydrogen-bond donors (Lipinski definition) is 2. The van der Waals surface area contributed by atoms with Crippen LogP contribution in [0.15, 0.2) is 34.9 Å². The summed E-state index contributed by atoms with van der Waals surface area (Å²) in [5, 5.41) is 5.86. The van der Waals surface area contributed by atoms with Gasteiger partial charge in [0.05, 0.1) is 11.9 Å². The first-order chi connectivity index (χ1) is 8.70. The fourth-order valence-electron chi connectivity index (χ4n) is 1.39. The predicted molar refractivity (Wildman–Crippen MR) is 73.6 cm³/mol. The zero-order valence-electron chi connectivity index (χ0n) is 9.74. The van der Waals surface area contributed by atoms with E-state index in [0.29, 0.717) is 12.5 Å². The molecular formula is C12H12BrFN4. The van der Waals surface area contributed by atoms with Gasteiger partial charge in [0.2, 0.25) is 5.95 Å². The van der Waals surface area contributed by atoms with Crippen LogP contribution in [-0.4, -0.2) is 16.5 Å². The van der Waals surface area contributed by atoms with Crippen molar-refractivity contribution >= 4 is 33.4 Å². The van der Waals surface area contributed by atoms with E-state index in [4.69, 9.17) is 0 Å². The van der Waals surface area contributed by atoms with Gasteiger partial charge in [-0.25, -0.2) is 9.37 Å². The SMILES string of the molecule is CCNc1ncc(F)c(Nc2ccccc2Br)n1. The van der Waals surface area contributed by atoms with Crippen molar-refractivity contribution < 1.29 is 4.39 Å². The van der Waals surface area contributed by atoms with Gasteiger partial charge in [0, 0.05) is 11.0 Å². The lowest BCUT2D eigenvalue weighted by molar-refractivity contribution is 0.619. The molecule has 0 spiro atoms. The molecule has 94 valence electrons. The van der Waals surface area contributed by atoms with E-state index in [1.54, 1.807) is 0 Å². The van der Waals surface area contributed by atoms with E-state index in [2.05, 4.69) is 36.5 Å². The molecule has 2 aromatic rings. The molecule has 1 heterocycles. The predicted octanol–water partition coefficient (Wildman–Crippen LogP) is 3.55. The molecule has 0 aliphatic carbocycles. The molecule has 18 heavy (non-hydrogen) atoms. The van der Waals surface area contributed by atoms with Crippen molar-refractivity contribution in [3.05, 3.63) is 40.8 Å². The molecule has 0 saturated heterocycles. The topological polar surface area (TPSA) is 49.8 Å². The summed E-state index contributed by atoms with van der Waals surface area (Å²) < 4.78 is 14.4. The highest BCUT2D eigenvalue weighted by molar-refractivity contribution is 9.10. The van der Waals surface area contributed by atoms with Crippen LogP contribution in [0, 0.1) is 5.82 Å². The third-order valence-electron chi connectivity index (χ3n) is 2.21. The van der Waals surface area contributed by atoms with Crippen LogP contribution in [-0.2, 0) is 0 Å². The van der Waals surface area contributed by atoms with Gasteiger partial charge in [0.1, 0.15) is 0 Å². The van der Waals surface area contributed by atoms with Crippen LogP contribution in [0.5, 0.6) is 0 Å². The fourth-order valence-corrected chi connectivity index (χ4v) is 1.77. The summed E-state index contributed by atoms with van der Waals surface area (Å²) in [7, 11) is 0. The quantitative estimate of drug-likeness (QED) is 0.906. The second kappa shape index (κ2) is 5.77. The van der Waals surface area contributed by atoms with Crippen molar-refractivity contribution in [1.29, 1.82) is 0 Å². The molecule has 1 aromatic heterocycles.